The van der Waals surface area contributed by atoms with E-state index in [0.717, 1.165) is 43.5 Å². The summed E-state index contributed by atoms with van der Waals surface area (Å²) in [5, 5.41) is 25.9. The summed E-state index contributed by atoms with van der Waals surface area (Å²) in [7, 11) is 0. The standard InChI is InChI=1S/C18H29NO3.C17H27NO3/c1-14(2)19-11-17(20)13-22-18-7-5-15(6-8-18)9-10-21-12-16-3-4-16;1-4-10-20-11-9-15-5-7-17(8-6-15)21-13-16(19)12-18-14(2)3/h5-8,14,16-17,19-20H,3-4,9-13H2,1-2H3;4-8,14,16,18-19H,1,9-13H2,2-3H3/t17-;16-/m11/s1. The second kappa shape index (κ2) is 22.1. The summed E-state index contributed by atoms with van der Waals surface area (Å²) >= 11 is 0. The third-order valence-corrected chi connectivity index (χ3v) is 6.61. The van der Waals surface area contributed by atoms with E-state index >= 15 is 0 Å². The van der Waals surface area contributed by atoms with E-state index in [-0.39, 0.29) is 0 Å². The Labute approximate surface area is 259 Å². The molecule has 0 saturated heterocycles. The first-order valence-corrected chi connectivity index (χ1v) is 15.8. The second-order valence-corrected chi connectivity index (χ2v) is 11.7. The Balaban J connectivity index is 0.000000301. The van der Waals surface area contributed by atoms with Crippen molar-refractivity contribution in [1.82, 2.24) is 10.6 Å². The molecule has 242 valence electrons. The minimum atomic E-state index is -0.501. The molecule has 0 radical (unpaired) electrons. The first-order valence-electron chi connectivity index (χ1n) is 15.8. The number of aliphatic hydroxyl groups is 2. The third-order valence-electron chi connectivity index (χ3n) is 6.61. The van der Waals surface area contributed by atoms with Crippen molar-refractivity contribution in [2.24, 2.45) is 5.92 Å². The van der Waals surface area contributed by atoms with Crippen LogP contribution in [0.2, 0.25) is 0 Å². The summed E-state index contributed by atoms with van der Waals surface area (Å²) in [6.07, 6.45) is 5.24. The topological polar surface area (TPSA) is 101 Å². The van der Waals surface area contributed by atoms with Crippen LogP contribution in [0.15, 0.2) is 61.2 Å². The van der Waals surface area contributed by atoms with Gasteiger partial charge in [0.15, 0.2) is 0 Å². The van der Waals surface area contributed by atoms with E-state index < -0.39 is 12.2 Å². The molecule has 43 heavy (non-hydrogen) atoms. The molecule has 0 heterocycles. The smallest absolute Gasteiger partial charge is 0.119 e. The monoisotopic (exact) mass is 600 g/mol. The lowest BCUT2D eigenvalue weighted by Crippen LogP contribution is -2.35. The molecule has 2 aromatic carbocycles. The van der Waals surface area contributed by atoms with E-state index in [4.69, 9.17) is 18.9 Å². The van der Waals surface area contributed by atoms with Crippen molar-refractivity contribution < 1.29 is 29.2 Å². The molecule has 0 aromatic heterocycles. The largest absolute Gasteiger partial charge is 0.491 e. The molecular weight excluding hydrogens is 544 g/mol. The number of hydrogen-bond acceptors (Lipinski definition) is 8. The Kier molecular flexibility index (Phi) is 18.9. The van der Waals surface area contributed by atoms with Crippen molar-refractivity contribution in [2.45, 2.75) is 77.7 Å². The van der Waals surface area contributed by atoms with Gasteiger partial charge in [-0.1, -0.05) is 58.0 Å². The molecule has 0 unspecified atom stereocenters. The maximum absolute atomic E-state index is 9.80. The number of nitrogens with one attached hydrogen (secondary N) is 2. The van der Waals surface area contributed by atoms with Gasteiger partial charge in [-0.25, -0.2) is 0 Å². The van der Waals surface area contributed by atoms with Crippen LogP contribution in [-0.2, 0) is 22.3 Å². The summed E-state index contributed by atoms with van der Waals surface area (Å²) in [6.45, 7) is 16.5. The van der Waals surface area contributed by atoms with Gasteiger partial charge < -0.3 is 39.8 Å². The molecule has 1 fully saturated rings. The molecule has 4 N–H and O–H groups in total. The van der Waals surface area contributed by atoms with Gasteiger partial charge in [0.2, 0.25) is 0 Å². The Hall–Kier alpha value is -2.46. The first-order chi connectivity index (χ1) is 20.7. The summed E-state index contributed by atoms with van der Waals surface area (Å²) in [6, 6.07) is 16.7. The molecular formula is C35H56N2O6. The molecule has 1 saturated carbocycles. The van der Waals surface area contributed by atoms with Crippen LogP contribution >= 0.6 is 0 Å². The molecule has 3 rings (SSSR count). The van der Waals surface area contributed by atoms with Crippen molar-refractivity contribution in [3.63, 3.8) is 0 Å². The van der Waals surface area contributed by atoms with Gasteiger partial charge in [-0.3, -0.25) is 0 Å². The van der Waals surface area contributed by atoms with Gasteiger partial charge in [0.05, 0.1) is 19.8 Å². The van der Waals surface area contributed by atoms with Crippen LogP contribution in [0.1, 0.15) is 51.7 Å². The third kappa shape index (κ3) is 19.4. The minimum Gasteiger partial charge on any atom is -0.491 e. The predicted molar refractivity (Wildman–Crippen MR) is 174 cm³/mol. The van der Waals surface area contributed by atoms with Crippen LogP contribution in [-0.4, -0.2) is 87.2 Å². The fraction of sp³-hybridized carbons (Fsp3) is 0.600. The Bertz CT molecular complexity index is 963. The Morgan fingerprint density at radius 1 is 0.744 bits per heavy atom. The molecule has 0 spiro atoms. The van der Waals surface area contributed by atoms with E-state index in [1.807, 2.05) is 50.2 Å². The zero-order valence-electron chi connectivity index (χ0n) is 26.8. The van der Waals surface area contributed by atoms with Gasteiger partial charge in [-0.05, 0) is 67.0 Å². The molecule has 2 atom stereocenters. The van der Waals surface area contributed by atoms with E-state index in [9.17, 15) is 10.2 Å². The maximum atomic E-state index is 9.80. The van der Waals surface area contributed by atoms with Crippen LogP contribution in [0.4, 0.5) is 0 Å². The van der Waals surface area contributed by atoms with Crippen LogP contribution < -0.4 is 20.1 Å². The quantitative estimate of drug-likeness (QED) is 0.115. The van der Waals surface area contributed by atoms with Gasteiger partial charge in [-0.15, -0.1) is 6.58 Å². The summed E-state index contributed by atoms with van der Waals surface area (Å²) in [5.41, 5.74) is 2.46. The van der Waals surface area contributed by atoms with Gasteiger partial charge >= 0.3 is 0 Å². The van der Waals surface area contributed by atoms with Gasteiger partial charge in [0.1, 0.15) is 36.9 Å². The number of rotatable bonds is 22. The van der Waals surface area contributed by atoms with E-state index in [1.165, 1.54) is 24.0 Å². The van der Waals surface area contributed by atoms with Crippen molar-refractivity contribution in [3.8, 4) is 11.5 Å². The number of benzene rings is 2. The molecule has 0 bridgehead atoms. The highest BCUT2D eigenvalue weighted by Crippen LogP contribution is 2.28. The lowest BCUT2D eigenvalue weighted by molar-refractivity contribution is 0.104. The van der Waals surface area contributed by atoms with E-state index in [2.05, 4.69) is 43.2 Å². The Morgan fingerprint density at radius 2 is 1.19 bits per heavy atom. The molecule has 8 nitrogen and oxygen atoms in total. The number of hydrogen-bond donors (Lipinski definition) is 4. The maximum Gasteiger partial charge on any atom is 0.119 e. The zero-order valence-corrected chi connectivity index (χ0v) is 26.8. The van der Waals surface area contributed by atoms with Crippen molar-refractivity contribution >= 4 is 0 Å². The van der Waals surface area contributed by atoms with E-state index in [1.54, 1.807) is 6.08 Å². The lowest BCUT2D eigenvalue weighted by Gasteiger charge is -2.15. The van der Waals surface area contributed by atoms with Crippen LogP contribution in [0.3, 0.4) is 0 Å². The van der Waals surface area contributed by atoms with E-state index in [0.29, 0.717) is 51.6 Å². The molecule has 8 heteroatoms. The summed E-state index contributed by atoms with van der Waals surface area (Å²) in [4.78, 5) is 0. The van der Waals surface area contributed by atoms with Gasteiger partial charge in [0, 0.05) is 31.8 Å². The molecule has 0 aliphatic heterocycles. The van der Waals surface area contributed by atoms with Crippen LogP contribution in [0, 0.1) is 5.92 Å². The number of aliphatic hydroxyl groups excluding tert-OH is 2. The highest BCUT2D eigenvalue weighted by molar-refractivity contribution is 5.28. The minimum absolute atomic E-state index is 0.293. The predicted octanol–water partition coefficient (Wildman–Crippen LogP) is 4.56. The summed E-state index contributed by atoms with van der Waals surface area (Å²) in [5.74, 6) is 2.40. The molecule has 2 aromatic rings. The van der Waals surface area contributed by atoms with Crippen LogP contribution in [0.25, 0.3) is 0 Å². The fourth-order valence-electron chi connectivity index (χ4n) is 3.83. The fourth-order valence-corrected chi connectivity index (χ4v) is 3.83. The lowest BCUT2D eigenvalue weighted by atomic mass is 10.1. The number of ether oxygens (including phenoxy) is 4. The van der Waals surface area contributed by atoms with Crippen LogP contribution in [0.5, 0.6) is 11.5 Å². The normalized spacial score (nSPS) is 14.2. The average molecular weight is 601 g/mol. The molecule has 1 aliphatic rings. The van der Waals surface area contributed by atoms with Crippen molar-refractivity contribution in [3.05, 3.63) is 72.3 Å². The highest BCUT2D eigenvalue weighted by atomic mass is 16.5. The van der Waals surface area contributed by atoms with Gasteiger partial charge in [-0.2, -0.15) is 0 Å². The first kappa shape index (κ1) is 36.7. The Morgan fingerprint density at radius 3 is 1.58 bits per heavy atom. The molecule has 1 aliphatic carbocycles. The summed E-state index contributed by atoms with van der Waals surface area (Å²) < 4.78 is 22.2. The van der Waals surface area contributed by atoms with Gasteiger partial charge in [0.25, 0.3) is 0 Å². The SMILES string of the molecule is C=CCOCCc1ccc(OC[C@H](O)CNC(C)C)cc1.CC(C)NC[C@@H](O)COc1ccc(CCOCC2CC2)cc1. The average Bonchev–Trinajstić information content (AvgIpc) is 3.83. The molecule has 0 amide bonds. The highest BCUT2D eigenvalue weighted by Gasteiger charge is 2.20. The van der Waals surface area contributed by atoms with Crippen molar-refractivity contribution in [1.29, 1.82) is 0 Å². The second-order valence-electron chi connectivity index (χ2n) is 11.7. The zero-order chi connectivity index (χ0) is 31.3. The van der Waals surface area contributed by atoms with Crippen molar-refractivity contribution in [2.75, 3.05) is 52.7 Å².